The second kappa shape index (κ2) is 8.20. The first-order valence-corrected chi connectivity index (χ1v) is 10.5. The predicted octanol–water partition coefficient (Wildman–Crippen LogP) is 6.73. The lowest BCUT2D eigenvalue weighted by Crippen LogP contribution is -2.66. The lowest BCUT2D eigenvalue weighted by molar-refractivity contribution is 0.224. The number of thiol groups is 1. The number of hydrogen-bond acceptors (Lipinski definition) is 3. The fourth-order valence-corrected chi connectivity index (χ4v) is 5.02. The Bertz CT molecular complexity index is 510. The molecule has 0 fully saturated rings. The summed E-state index contributed by atoms with van der Waals surface area (Å²) < 4.78 is 8.28. The first kappa shape index (κ1) is 26.7. The number of halogens is 13. The quantitative estimate of drug-likeness (QED) is 0.267. The highest BCUT2D eigenvalue weighted by Crippen LogP contribution is 2.69. The van der Waals surface area contributed by atoms with Crippen LogP contribution in [0.3, 0.4) is 0 Å². The fraction of sp³-hybridized carbons (Fsp3) is 1.00. The van der Waals surface area contributed by atoms with Gasteiger partial charge in [0.25, 0.3) is 15.5 Å². The highest BCUT2D eigenvalue weighted by Gasteiger charge is 2.77. The van der Waals surface area contributed by atoms with Gasteiger partial charge in [0.05, 0.1) is 0 Å². The van der Waals surface area contributed by atoms with E-state index < -0.39 is 36.6 Å². The van der Waals surface area contributed by atoms with Gasteiger partial charge in [0.1, 0.15) is 0 Å². The van der Waals surface area contributed by atoms with Crippen molar-refractivity contribution >= 4 is 162 Å². The summed E-state index contributed by atoms with van der Waals surface area (Å²) in [4.78, 5) is 0. The molecule has 0 aliphatic heterocycles. The Morgan fingerprint density at radius 2 is 0.826 bits per heavy atom. The van der Waals surface area contributed by atoms with E-state index in [1.54, 1.807) is 0 Å². The van der Waals surface area contributed by atoms with Crippen molar-refractivity contribution in [1.82, 2.24) is 0 Å². The fourth-order valence-electron chi connectivity index (χ4n) is 0.906. The molecule has 0 aromatic carbocycles. The Hall–Kier alpha value is 3.68. The number of alkyl halides is 13. The van der Waals surface area contributed by atoms with Gasteiger partial charge in [0.2, 0.25) is 12.5 Å². The van der Waals surface area contributed by atoms with Crippen LogP contribution in [0.4, 0.5) is 0 Å². The molecule has 0 atom stereocenters. The monoisotopic (exact) mass is 608 g/mol. The number of hydrogen-bond donors (Lipinski definition) is 1. The second-order valence-corrected chi connectivity index (χ2v) is 13.1. The molecule has 0 N–H and O–H groups in total. The first-order valence-electron chi connectivity index (χ1n) is 4.46. The standard InChI is InChI=1S/C6HCl13O3S/c7-1(8,3(11,12)5(15,16)17)2(9,10)4(13,14)6(18,19)22-23(20)21/h23H. The third-order valence-electron chi connectivity index (χ3n) is 2.09. The van der Waals surface area contributed by atoms with Gasteiger partial charge in [0.15, 0.2) is 8.67 Å². The smallest absolute Gasteiger partial charge is 0.229 e. The molecule has 0 unspecified atom stereocenters. The average Bonchev–Trinajstić information content (AvgIpc) is 2.24. The third-order valence-corrected chi connectivity index (χ3v) is 10.9. The Labute approximate surface area is 197 Å². The third kappa shape index (κ3) is 5.00. The summed E-state index contributed by atoms with van der Waals surface area (Å²) in [7, 11) is -3.67. The predicted molar refractivity (Wildman–Crippen MR) is 104 cm³/mol. The van der Waals surface area contributed by atoms with Crippen molar-refractivity contribution in [2.24, 2.45) is 0 Å². The molecule has 23 heavy (non-hydrogen) atoms. The molecule has 0 saturated carbocycles. The maximum Gasteiger partial charge on any atom is 0.270 e. The molecule has 0 heterocycles. The topological polar surface area (TPSA) is 43.4 Å². The largest absolute Gasteiger partial charge is 0.270 e. The summed E-state index contributed by atoms with van der Waals surface area (Å²) >= 11 is 74.9. The summed E-state index contributed by atoms with van der Waals surface area (Å²) in [6.45, 7) is 0. The number of rotatable bonds is 6. The van der Waals surface area contributed by atoms with Crippen LogP contribution in [0.25, 0.3) is 0 Å². The van der Waals surface area contributed by atoms with Crippen molar-refractivity contribution in [1.29, 1.82) is 0 Å². The normalized spacial score (nSPS) is 16.1. The molecule has 140 valence electrons. The lowest BCUT2D eigenvalue weighted by Gasteiger charge is -2.49. The van der Waals surface area contributed by atoms with E-state index in [0.29, 0.717) is 0 Å². The van der Waals surface area contributed by atoms with E-state index in [0.717, 1.165) is 0 Å². The van der Waals surface area contributed by atoms with Crippen molar-refractivity contribution in [3.63, 3.8) is 0 Å². The Morgan fingerprint density at radius 1 is 0.522 bits per heavy atom. The minimum absolute atomic E-state index is 2.58. The van der Waals surface area contributed by atoms with Crippen molar-refractivity contribution in [3.8, 4) is 0 Å². The van der Waals surface area contributed by atoms with E-state index in [9.17, 15) is 8.42 Å². The van der Waals surface area contributed by atoms with E-state index in [1.807, 2.05) is 0 Å². The maximum absolute atomic E-state index is 10.7. The van der Waals surface area contributed by atoms with E-state index in [1.165, 1.54) is 0 Å². The first-order chi connectivity index (χ1) is 9.67. The zero-order valence-corrected chi connectivity index (χ0v) is 20.3. The Kier molecular flexibility index (Phi) is 9.51. The molecule has 0 saturated heterocycles. The van der Waals surface area contributed by atoms with E-state index in [-0.39, 0.29) is 0 Å². The SMILES string of the molecule is O=[SH](=O)OC(Cl)(Cl)C(Cl)(Cl)C(Cl)(Cl)C(Cl)(Cl)C(Cl)(Cl)C(Cl)(Cl)Cl. The van der Waals surface area contributed by atoms with Crippen LogP contribution in [0.15, 0.2) is 0 Å². The molecule has 3 nitrogen and oxygen atoms in total. The molecule has 0 rings (SSSR count). The van der Waals surface area contributed by atoms with Gasteiger partial charge in [-0.2, -0.15) is 0 Å². The van der Waals surface area contributed by atoms with Gasteiger partial charge in [-0.25, -0.2) is 12.6 Å². The molecule has 0 aromatic heterocycles. The van der Waals surface area contributed by atoms with E-state index >= 15 is 0 Å². The summed E-state index contributed by atoms with van der Waals surface area (Å²) in [6, 6.07) is 0. The molecular formula is C6HCl13O3S. The van der Waals surface area contributed by atoms with Crippen LogP contribution in [-0.4, -0.2) is 34.1 Å². The van der Waals surface area contributed by atoms with E-state index in [4.69, 9.17) is 151 Å². The molecule has 0 aliphatic rings. The van der Waals surface area contributed by atoms with Crippen LogP contribution in [0, 0.1) is 0 Å². The van der Waals surface area contributed by atoms with Crippen LogP contribution in [0.1, 0.15) is 0 Å². The van der Waals surface area contributed by atoms with Crippen LogP contribution < -0.4 is 0 Å². The molecule has 0 amide bonds. The van der Waals surface area contributed by atoms with Crippen molar-refractivity contribution in [2.75, 3.05) is 0 Å². The highest BCUT2D eigenvalue weighted by molar-refractivity contribution is 7.67. The zero-order chi connectivity index (χ0) is 19.3. The van der Waals surface area contributed by atoms with Gasteiger partial charge in [-0.3, -0.25) is 0 Å². The summed E-state index contributed by atoms with van der Waals surface area (Å²) in [5.74, 6) is 0. The Balaban J connectivity index is 6.24. The molecular weight excluding hydrogens is 613 g/mol. The van der Waals surface area contributed by atoms with Crippen molar-refractivity contribution < 1.29 is 12.6 Å². The van der Waals surface area contributed by atoms with Gasteiger partial charge in [-0.05, 0) is 0 Å². The summed E-state index contributed by atoms with van der Waals surface area (Å²) in [6.07, 6.45) is 0. The van der Waals surface area contributed by atoms with Gasteiger partial charge >= 0.3 is 0 Å². The van der Waals surface area contributed by atoms with Gasteiger partial charge in [0, 0.05) is 0 Å². The summed E-state index contributed by atoms with van der Waals surface area (Å²) in [5, 5.41) is 0. The Morgan fingerprint density at radius 3 is 1.09 bits per heavy atom. The molecule has 0 radical (unpaired) electrons. The van der Waals surface area contributed by atoms with Crippen LogP contribution in [0.2, 0.25) is 0 Å². The van der Waals surface area contributed by atoms with Gasteiger partial charge in [-0.1, -0.05) is 151 Å². The van der Waals surface area contributed by atoms with Gasteiger partial charge in [-0.15, -0.1) is 0 Å². The van der Waals surface area contributed by atoms with Crippen molar-refractivity contribution in [3.05, 3.63) is 0 Å². The molecule has 0 aliphatic carbocycles. The maximum atomic E-state index is 10.7. The minimum Gasteiger partial charge on any atom is -0.229 e. The summed E-state index contributed by atoms with van der Waals surface area (Å²) in [5.41, 5.74) is 0. The molecule has 0 bridgehead atoms. The second-order valence-electron chi connectivity index (χ2n) is 3.63. The highest BCUT2D eigenvalue weighted by atomic mass is 35.6. The van der Waals surface area contributed by atoms with Crippen molar-refractivity contribution in [2.45, 2.75) is 25.6 Å². The zero-order valence-electron chi connectivity index (χ0n) is 9.59. The molecule has 17 heteroatoms. The average molecular weight is 614 g/mol. The lowest BCUT2D eigenvalue weighted by atomic mass is 10.1. The van der Waals surface area contributed by atoms with Crippen LogP contribution in [-0.2, 0) is 15.2 Å². The van der Waals surface area contributed by atoms with Crippen LogP contribution >= 0.6 is 151 Å². The van der Waals surface area contributed by atoms with Crippen LogP contribution in [0.5, 0.6) is 0 Å². The van der Waals surface area contributed by atoms with E-state index in [2.05, 4.69) is 4.18 Å². The van der Waals surface area contributed by atoms with Gasteiger partial charge < -0.3 is 0 Å². The molecule has 0 spiro atoms. The minimum atomic E-state index is -3.67. The molecule has 0 aromatic rings.